The van der Waals surface area contributed by atoms with Crippen LogP contribution in [-0.2, 0) is 11.2 Å². The van der Waals surface area contributed by atoms with Gasteiger partial charge in [-0.25, -0.2) is 0 Å². The topological polar surface area (TPSA) is 57.5 Å². The van der Waals surface area contributed by atoms with Gasteiger partial charge >= 0.3 is 0 Å². The van der Waals surface area contributed by atoms with Gasteiger partial charge in [0, 0.05) is 25.5 Å². The highest BCUT2D eigenvalue weighted by Crippen LogP contribution is 2.44. The van der Waals surface area contributed by atoms with Gasteiger partial charge in [0.1, 0.15) is 17.3 Å². The first-order chi connectivity index (χ1) is 13.1. The number of Topliss-reactive ketones (excluding diaryl/α,β-unsaturated/α-hetero) is 1. The molecule has 4 heteroatoms. The molecular formula is C24H38O3Si. The van der Waals surface area contributed by atoms with Crippen molar-refractivity contribution in [3.8, 4) is 11.5 Å². The van der Waals surface area contributed by atoms with Crippen molar-refractivity contribution in [1.29, 1.82) is 0 Å². The molecule has 1 aromatic carbocycles. The van der Waals surface area contributed by atoms with E-state index in [-0.39, 0.29) is 29.1 Å². The van der Waals surface area contributed by atoms with E-state index in [1.54, 1.807) is 19.1 Å². The first-order valence-electron chi connectivity index (χ1n) is 10.9. The summed E-state index contributed by atoms with van der Waals surface area (Å²) in [4.78, 5) is 12.1. The number of phenols is 2. The Labute approximate surface area is 171 Å². The minimum atomic E-state index is -1.14. The Morgan fingerprint density at radius 1 is 1.14 bits per heavy atom. The molecule has 0 fully saturated rings. The normalized spacial score (nSPS) is 20.1. The SMILES string of the molecule is CCCC[Si](C)(C)CCCc1cc(O)c([C@H]2C=C(C)CC[C@@H]2C(C)=O)c(O)c1. The maximum atomic E-state index is 12.1. The number of unbranched alkanes of at least 4 members (excludes halogenated alkanes) is 1. The Morgan fingerprint density at radius 2 is 1.75 bits per heavy atom. The fourth-order valence-electron chi connectivity index (χ4n) is 4.53. The van der Waals surface area contributed by atoms with E-state index in [1.165, 1.54) is 30.5 Å². The standard InChI is InChI=1S/C24H38O3Si/c1-6-7-12-28(4,5)13-8-9-19-15-22(26)24(23(27)16-19)21-14-17(2)10-11-20(21)18(3)25/h14-16,20-21,26-27H,6-13H2,1-5H3/t20-,21+/m1/s1. The summed E-state index contributed by atoms with van der Waals surface area (Å²) in [5.41, 5.74) is 2.71. The molecule has 0 aromatic heterocycles. The van der Waals surface area contributed by atoms with E-state index >= 15 is 0 Å². The number of carbonyl (C=O) groups excluding carboxylic acids is 1. The van der Waals surface area contributed by atoms with Crippen LogP contribution in [-0.4, -0.2) is 24.1 Å². The Balaban J connectivity index is 2.14. The summed E-state index contributed by atoms with van der Waals surface area (Å²) in [7, 11) is -1.14. The lowest BCUT2D eigenvalue weighted by atomic mass is 9.74. The van der Waals surface area contributed by atoms with E-state index in [2.05, 4.69) is 26.9 Å². The van der Waals surface area contributed by atoms with E-state index in [0.29, 0.717) is 5.56 Å². The zero-order chi connectivity index (χ0) is 20.9. The molecule has 0 aliphatic heterocycles. The van der Waals surface area contributed by atoms with Gasteiger partial charge in [0.15, 0.2) is 0 Å². The Bertz CT molecular complexity index is 698. The van der Waals surface area contributed by atoms with Crippen LogP contribution < -0.4 is 0 Å². The lowest BCUT2D eigenvalue weighted by Crippen LogP contribution is -2.24. The highest BCUT2D eigenvalue weighted by atomic mass is 28.3. The van der Waals surface area contributed by atoms with Crippen LogP contribution in [0.5, 0.6) is 11.5 Å². The zero-order valence-electron chi connectivity index (χ0n) is 18.3. The van der Waals surface area contributed by atoms with Gasteiger partial charge in [0.2, 0.25) is 0 Å². The molecule has 2 atom stereocenters. The third-order valence-corrected chi connectivity index (χ3v) is 9.74. The van der Waals surface area contributed by atoms with E-state index in [9.17, 15) is 15.0 Å². The molecule has 2 rings (SSSR count). The van der Waals surface area contributed by atoms with Crippen LogP contribution in [0.15, 0.2) is 23.8 Å². The van der Waals surface area contributed by atoms with Crippen molar-refractivity contribution < 1.29 is 15.0 Å². The molecule has 1 aliphatic carbocycles. The van der Waals surface area contributed by atoms with Gasteiger partial charge < -0.3 is 10.2 Å². The number of benzene rings is 1. The van der Waals surface area contributed by atoms with E-state index in [1.807, 2.05) is 6.08 Å². The fourth-order valence-corrected chi connectivity index (χ4v) is 7.22. The number of aromatic hydroxyl groups is 2. The first kappa shape index (κ1) is 22.7. The third-order valence-electron chi connectivity index (χ3n) is 6.32. The smallest absolute Gasteiger partial charge is 0.133 e. The average molecular weight is 403 g/mol. The summed E-state index contributed by atoms with van der Waals surface area (Å²) in [5, 5.41) is 21.4. The van der Waals surface area contributed by atoms with Crippen molar-refractivity contribution in [3.63, 3.8) is 0 Å². The van der Waals surface area contributed by atoms with Gasteiger partial charge in [-0.3, -0.25) is 4.79 Å². The van der Waals surface area contributed by atoms with Crippen molar-refractivity contribution in [1.82, 2.24) is 0 Å². The van der Waals surface area contributed by atoms with Gasteiger partial charge in [-0.05, 0) is 50.8 Å². The lowest BCUT2D eigenvalue weighted by molar-refractivity contribution is -0.121. The number of phenolic OH excluding ortho intramolecular Hbond substituents is 2. The highest BCUT2D eigenvalue weighted by molar-refractivity contribution is 6.77. The molecule has 156 valence electrons. The number of rotatable bonds is 9. The molecule has 1 aromatic rings. The second-order valence-electron chi connectivity index (χ2n) is 9.46. The summed E-state index contributed by atoms with van der Waals surface area (Å²) in [6.45, 7) is 10.8. The van der Waals surface area contributed by atoms with Gasteiger partial charge in [-0.1, -0.05) is 63.0 Å². The zero-order valence-corrected chi connectivity index (χ0v) is 19.3. The maximum Gasteiger partial charge on any atom is 0.133 e. The summed E-state index contributed by atoms with van der Waals surface area (Å²) in [6, 6.07) is 6.24. The average Bonchev–Trinajstić information content (AvgIpc) is 2.59. The van der Waals surface area contributed by atoms with Gasteiger partial charge in [-0.15, -0.1) is 0 Å². The third kappa shape index (κ3) is 5.97. The molecule has 0 bridgehead atoms. The molecule has 0 spiro atoms. The molecule has 0 amide bonds. The van der Waals surface area contributed by atoms with Crippen LogP contribution in [0.25, 0.3) is 0 Å². The monoisotopic (exact) mass is 402 g/mol. The predicted molar refractivity (Wildman–Crippen MR) is 120 cm³/mol. The molecule has 0 saturated heterocycles. The lowest BCUT2D eigenvalue weighted by Gasteiger charge is -2.29. The molecular weight excluding hydrogens is 364 g/mol. The first-order valence-corrected chi connectivity index (χ1v) is 14.3. The summed E-state index contributed by atoms with van der Waals surface area (Å²) in [6.07, 6.45) is 8.28. The van der Waals surface area contributed by atoms with Gasteiger partial charge in [0.25, 0.3) is 0 Å². The second kappa shape index (κ2) is 9.77. The van der Waals surface area contributed by atoms with E-state index in [4.69, 9.17) is 0 Å². The Morgan fingerprint density at radius 3 is 2.32 bits per heavy atom. The van der Waals surface area contributed by atoms with Crippen molar-refractivity contribution in [2.45, 2.75) is 90.4 Å². The molecule has 28 heavy (non-hydrogen) atoms. The van der Waals surface area contributed by atoms with Gasteiger partial charge in [-0.2, -0.15) is 0 Å². The Kier molecular flexibility index (Phi) is 7.94. The number of aryl methyl sites for hydroxylation is 1. The van der Waals surface area contributed by atoms with Crippen LogP contribution >= 0.6 is 0 Å². The van der Waals surface area contributed by atoms with Crippen molar-refractivity contribution >= 4 is 13.9 Å². The van der Waals surface area contributed by atoms with E-state index in [0.717, 1.165) is 31.2 Å². The number of ketones is 1. The van der Waals surface area contributed by atoms with Crippen LogP contribution in [0.3, 0.4) is 0 Å². The number of hydrogen-bond donors (Lipinski definition) is 2. The molecule has 0 unspecified atom stereocenters. The van der Waals surface area contributed by atoms with Crippen molar-refractivity contribution in [2.24, 2.45) is 5.92 Å². The minimum Gasteiger partial charge on any atom is -0.507 e. The van der Waals surface area contributed by atoms with Crippen molar-refractivity contribution in [3.05, 3.63) is 34.9 Å². The molecule has 0 radical (unpaired) electrons. The van der Waals surface area contributed by atoms with Crippen molar-refractivity contribution in [2.75, 3.05) is 0 Å². The molecule has 3 nitrogen and oxygen atoms in total. The summed E-state index contributed by atoms with van der Waals surface area (Å²) in [5.74, 6) is -0.0346. The van der Waals surface area contributed by atoms with Crippen LogP contribution in [0.1, 0.15) is 69.9 Å². The largest absolute Gasteiger partial charge is 0.507 e. The van der Waals surface area contributed by atoms with E-state index < -0.39 is 8.07 Å². The molecule has 0 saturated carbocycles. The minimum absolute atomic E-state index is 0.121. The van der Waals surface area contributed by atoms with Gasteiger partial charge in [0.05, 0.1) is 0 Å². The van der Waals surface area contributed by atoms with Crippen LogP contribution in [0.4, 0.5) is 0 Å². The Hall–Kier alpha value is -1.55. The molecule has 2 N–H and O–H groups in total. The molecule has 0 heterocycles. The molecule has 1 aliphatic rings. The second-order valence-corrected chi connectivity index (χ2v) is 14.8. The fraction of sp³-hybridized carbons (Fsp3) is 0.625. The quantitative estimate of drug-likeness (QED) is 0.363. The predicted octanol–water partition coefficient (Wildman–Crippen LogP) is 6.57. The number of carbonyl (C=O) groups is 1. The van der Waals surface area contributed by atoms with Crippen LogP contribution in [0, 0.1) is 5.92 Å². The maximum absolute atomic E-state index is 12.1. The van der Waals surface area contributed by atoms with Crippen LogP contribution in [0.2, 0.25) is 25.2 Å². The highest BCUT2D eigenvalue weighted by Gasteiger charge is 2.32. The summed E-state index contributed by atoms with van der Waals surface area (Å²) >= 11 is 0. The summed E-state index contributed by atoms with van der Waals surface area (Å²) < 4.78 is 0. The number of allylic oxidation sites excluding steroid dienone is 2. The number of hydrogen-bond acceptors (Lipinski definition) is 3.